The molecular weight excluding hydrogens is 282 g/mol. The first-order valence-electron chi connectivity index (χ1n) is 7.92. The highest BCUT2D eigenvalue weighted by molar-refractivity contribution is 5.71. The van der Waals surface area contributed by atoms with Gasteiger partial charge in [0.15, 0.2) is 11.2 Å². The van der Waals surface area contributed by atoms with Gasteiger partial charge in [0, 0.05) is 33.1 Å². The van der Waals surface area contributed by atoms with Gasteiger partial charge in [-0.1, -0.05) is 19.3 Å². The highest BCUT2D eigenvalue weighted by Crippen LogP contribution is 2.32. The number of nitrogens with two attached hydrogens (primary N) is 1. The summed E-state index contributed by atoms with van der Waals surface area (Å²) in [5.41, 5.74) is 5.86. The average Bonchev–Trinajstić information content (AvgIpc) is 2.88. The highest BCUT2D eigenvalue weighted by Gasteiger charge is 2.24. The quantitative estimate of drug-likeness (QED) is 0.891. The van der Waals surface area contributed by atoms with E-state index in [1.807, 2.05) is 11.6 Å². The Bertz CT molecular complexity index is 808. The van der Waals surface area contributed by atoms with E-state index in [1.54, 1.807) is 7.05 Å². The van der Waals surface area contributed by atoms with Crippen LogP contribution in [-0.2, 0) is 20.6 Å². The van der Waals surface area contributed by atoms with Gasteiger partial charge in [-0.15, -0.1) is 0 Å². The minimum atomic E-state index is -0.351. The second-order valence-corrected chi connectivity index (χ2v) is 6.12. The molecule has 0 unspecified atom stereocenters. The highest BCUT2D eigenvalue weighted by atomic mass is 16.2. The summed E-state index contributed by atoms with van der Waals surface area (Å²) in [4.78, 5) is 29.6. The Morgan fingerprint density at radius 2 is 1.82 bits per heavy atom. The van der Waals surface area contributed by atoms with Crippen molar-refractivity contribution in [2.24, 2.45) is 19.8 Å². The van der Waals surface area contributed by atoms with Gasteiger partial charge in [-0.3, -0.25) is 13.9 Å². The van der Waals surface area contributed by atoms with Crippen molar-refractivity contribution < 1.29 is 0 Å². The number of hydrogen-bond acceptors (Lipinski definition) is 4. The smallest absolute Gasteiger partial charge is 0.329 e. The van der Waals surface area contributed by atoms with Crippen LogP contribution in [0.5, 0.6) is 0 Å². The standard InChI is InChI=1S/C15H23N5O2/c1-18-11-13(17-12(18)10-6-4-3-5-7-10)19(2)15(22)20(9-8-16)14(11)21/h10H,3-9,16H2,1-2H3. The first-order valence-corrected chi connectivity index (χ1v) is 7.92. The van der Waals surface area contributed by atoms with E-state index in [2.05, 4.69) is 4.98 Å². The molecule has 7 nitrogen and oxygen atoms in total. The third-order valence-corrected chi connectivity index (χ3v) is 4.72. The van der Waals surface area contributed by atoms with Gasteiger partial charge in [-0.2, -0.15) is 0 Å². The molecule has 1 fully saturated rings. The van der Waals surface area contributed by atoms with E-state index < -0.39 is 0 Å². The molecule has 0 saturated heterocycles. The van der Waals surface area contributed by atoms with Crippen LogP contribution in [0.25, 0.3) is 11.2 Å². The normalized spacial score (nSPS) is 16.5. The largest absolute Gasteiger partial charge is 0.332 e. The van der Waals surface area contributed by atoms with Gasteiger partial charge in [0.2, 0.25) is 0 Å². The van der Waals surface area contributed by atoms with Crippen LogP contribution in [0, 0.1) is 0 Å². The van der Waals surface area contributed by atoms with E-state index in [-0.39, 0.29) is 24.3 Å². The van der Waals surface area contributed by atoms with Gasteiger partial charge >= 0.3 is 5.69 Å². The number of imidazole rings is 1. The van der Waals surface area contributed by atoms with E-state index in [4.69, 9.17) is 5.73 Å². The van der Waals surface area contributed by atoms with Crippen molar-refractivity contribution in [1.29, 1.82) is 0 Å². The summed E-state index contributed by atoms with van der Waals surface area (Å²) in [6, 6.07) is 0. The molecule has 1 saturated carbocycles. The molecule has 2 N–H and O–H groups in total. The van der Waals surface area contributed by atoms with Crippen LogP contribution in [0.2, 0.25) is 0 Å². The molecule has 0 amide bonds. The van der Waals surface area contributed by atoms with Crippen molar-refractivity contribution in [3.63, 3.8) is 0 Å². The lowest BCUT2D eigenvalue weighted by atomic mass is 9.89. The first kappa shape index (κ1) is 15.0. The summed E-state index contributed by atoms with van der Waals surface area (Å²) in [7, 11) is 3.53. The van der Waals surface area contributed by atoms with Crippen molar-refractivity contribution in [2.45, 2.75) is 44.6 Å². The maximum absolute atomic E-state index is 12.6. The Hall–Kier alpha value is -1.89. The molecule has 2 aromatic rings. The average molecular weight is 305 g/mol. The number of nitrogens with zero attached hydrogens (tertiary/aromatic N) is 4. The SMILES string of the molecule is Cn1c(C2CCCCC2)nc2c1c(=O)n(CCN)c(=O)n2C. The van der Waals surface area contributed by atoms with Gasteiger partial charge in [0.05, 0.1) is 0 Å². The van der Waals surface area contributed by atoms with Crippen LogP contribution in [0.15, 0.2) is 9.59 Å². The van der Waals surface area contributed by atoms with E-state index in [1.165, 1.54) is 28.4 Å². The Labute approximate surface area is 128 Å². The monoisotopic (exact) mass is 305 g/mol. The van der Waals surface area contributed by atoms with Crippen LogP contribution in [0.4, 0.5) is 0 Å². The van der Waals surface area contributed by atoms with Crippen LogP contribution >= 0.6 is 0 Å². The summed E-state index contributed by atoms with van der Waals surface area (Å²) in [6.07, 6.45) is 5.86. The molecule has 1 aliphatic rings. The number of fused-ring (bicyclic) bond motifs is 1. The summed E-state index contributed by atoms with van der Waals surface area (Å²) in [6.45, 7) is 0.485. The molecule has 0 aliphatic heterocycles. The molecule has 1 aliphatic carbocycles. The zero-order valence-electron chi connectivity index (χ0n) is 13.2. The molecule has 0 aromatic carbocycles. The molecule has 0 atom stereocenters. The van der Waals surface area contributed by atoms with E-state index in [0.29, 0.717) is 17.1 Å². The summed E-state index contributed by atoms with van der Waals surface area (Å²) < 4.78 is 4.54. The number of aromatic nitrogens is 4. The fraction of sp³-hybridized carbons (Fsp3) is 0.667. The molecule has 22 heavy (non-hydrogen) atoms. The fourth-order valence-corrected chi connectivity index (χ4v) is 3.51. The maximum Gasteiger partial charge on any atom is 0.332 e. The van der Waals surface area contributed by atoms with Crippen molar-refractivity contribution >= 4 is 11.2 Å². The second kappa shape index (κ2) is 5.72. The molecule has 0 bridgehead atoms. The molecule has 3 rings (SSSR count). The van der Waals surface area contributed by atoms with Crippen LogP contribution in [0.3, 0.4) is 0 Å². The van der Waals surface area contributed by atoms with Crippen LogP contribution in [0.1, 0.15) is 43.8 Å². The van der Waals surface area contributed by atoms with Gasteiger partial charge in [0.1, 0.15) is 5.82 Å². The van der Waals surface area contributed by atoms with Crippen LogP contribution < -0.4 is 17.0 Å². The molecule has 7 heteroatoms. The molecule has 0 spiro atoms. The maximum atomic E-state index is 12.6. The lowest BCUT2D eigenvalue weighted by Crippen LogP contribution is -2.41. The van der Waals surface area contributed by atoms with Crippen molar-refractivity contribution in [1.82, 2.24) is 18.7 Å². The Morgan fingerprint density at radius 3 is 2.45 bits per heavy atom. The van der Waals surface area contributed by atoms with Gasteiger partial charge in [-0.25, -0.2) is 9.78 Å². The zero-order valence-corrected chi connectivity index (χ0v) is 13.2. The zero-order chi connectivity index (χ0) is 15.9. The molecule has 2 aromatic heterocycles. The third-order valence-electron chi connectivity index (χ3n) is 4.72. The topological polar surface area (TPSA) is 87.8 Å². The van der Waals surface area contributed by atoms with E-state index in [0.717, 1.165) is 18.7 Å². The number of rotatable bonds is 3. The van der Waals surface area contributed by atoms with Crippen molar-refractivity contribution in [3.05, 3.63) is 26.7 Å². The minimum absolute atomic E-state index is 0.228. The van der Waals surface area contributed by atoms with Gasteiger partial charge < -0.3 is 10.3 Å². The molecular formula is C15H23N5O2. The lowest BCUT2D eigenvalue weighted by molar-refractivity contribution is 0.422. The lowest BCUT2D eigenvalue weighted by Gasteiger charge is -2.20. The second-order valence-electron chi connectivity index (χ2n) is 6.12. The molecule has 120 valence electrons. The predicted octanol–water partition coefficient (Wildman–Crippen LogP) is 0.440. The summed E-state index contributed by atoms with van der Waals surface area (Å²) >= 11 is 0. The van der Waals surface area contributed by atoms with Crippen molar-refractivity contribution in [2.75, 3.05) is 6.54 Å². The minimum Gasteiger partial charge on any atom is -0.329 e. The van der Waals surface area contributed by atoms with Gasteiger partial charge in [-0.05, 0) is 12.8 Å². The Morgan fingerprint density at radius 1 is 1.14 bits per heavy atom. The molecule has 2 heterocycles. The summed E-state index contributed by atoms with van der Waals surface area (Å²) in [5.74, 6) is 1.30. The molecule has 0 radical (unpaired) electrons. The van der Waals surface area contributed by atoms with Gasteiger partial charge in [0.25, 0.3) is 5.56 Å². The Balaban J connectivity index is 2.25. The van der Waals surface area contributed by atoms with E-state index >= 15 is 0 Å². The fourth-order valence-electron chi connectivity index (χ4n) is 3.51. The predicted molar refractivity (Wildman–Crippen MR) is 85.1 cm³/mol. The third kappa shape index (κ3) is 2.20. The number of hydrogen-bond donors (Lipinski definition) is 1. The Kier molecular flexibility index (Phi) is 3.90. The van der Waals surface area contributed by atoms with Crippen molar-refractivity contribution in [3.8, 4) is 0 Å². The number of aryl methyl sites for hydroxylation is 2. The van der Waals surface area contributed by atoms with Crippen LogP contribution in [-0.4, -0.2) is 25.2 Å². The summed E-state index contributed by atoms with van der Waals surface area (Å²) in [5, 5.41) is 0. The van der Waals surface area contributed by atoms with E-state index in [9.17, 15) is 9.59 Å². The first-order chi connectivity index (χ1) is 10.6.